The van der Waals surface area contributed by atoms with Gasteiger partial charge in [-0.2, -0.15) is 0 Å². The molecule has 0 radical (unpaired) electrons. The molecule has 92 heavy (non-hydrogen) atoms. The van der Waals surface area contributed by atoms with E-state index in [0.717, 1.165) is 129 Å². The predicted molar refractivity (Wildman–Crippen MR) is 333 cm³/mol. The lowest BCUT2D eigenvalue weighted by molar-refractivity contribution is -0.693. The molecule has 0 unspecified atom stereocenters. The number of aryl methyl sites for hydroxylation is 16. The minimum Gasteiger partial charge on any atom is -0.881 e. The van der Waals surface area contributed by atoms with E-state index in [1.54, 1.807) is 0 Å². The Bertz CT molecular complexity index is 2390. The average molecular weight is 1280 g/mol. The highest BCUT2D eigenvalue weighted by atomic mass is 16.4. The molecule has 28 nitrogen and oxygen atoms in total. The van der Waals surface area contributed by atoms with Crippen molar-refractivity contribution in [1.29, 1.82) is 21.0 Å². The van der Waals surface area contributed by atoms with Gasteiger partial charge in [0.2, 0.25) is 50.6 Å². The maximum Gasteiger partial charge on any atom is 0.243 e. The fourth-order valence-electron chi connectivity index (χ4n) is 6.50. The minimum absolute atomic E-state index is 0.917. The molecule has 32 heteroatoms. The van der Waals surface area contributed by atoms with Crippen LogP contribution < -0.4 is 76.7 Å². The summed E-state index contributed by atoms with van der Waals surface area (Å²) < 4.78 is 34.5. The number of hydrogen-bond acceptors (Lipinski definition) is 12. The van der Waals surface area contributed by atoms with Crippen LogP contribution in [0.5, 0.6) is 0 Å². The van der Waals surface area contributed by atoms with E-state index < -0.39 is 28.5 Å². The lowest BCUT2D eigenvalue weighted by Gasteiger charge is -2.12. The molecule has 0 N–H and O–H groups in total. The second-order valence-corrected chi connectivity index (χ2v) is 18.4. The maximum absolute atomic E-state index is 8.98. The number of nitrogens with zero attached hydrogens (tertiary/aromatic N) is 20. The van der Waals surface area contributed by atoms with Gasteiger partial charge >= 0.3 is 0 Å². The fraction of sp³-hybridized carbons (Fsp3) is 0.533. The Morgan fingerprint density at radius 1 is 0.228 bits per heavy atom. The molecule has 0 saturated heterocycles. The van der Waals surface area contributed by atoms with Gasteiger partial charge in [0.15, 0.2) is 0 Å². The molecule has 0 bridgehead atoms. The zero-order chi connectivity index (χ0) is 70.7. The number of rotatable bonds is 16. The van der Waals surface area contributed by atoms with E-state index in [1.807, 2.05) is 0 Å². The maximum atomic E-state index is 8.98. The molecule has 0 aliphatic heterocycles. The van der Waals surface area contributed by atoms with Crippen molar-refractivity contribution in [3.8, 4) is 23.9 Å². The summed E-state index contributed by atoms with van der Waals surface area (Å²) in [5, 5.41) is 101. The zero-order valence-electron chi connectivity index (χ0n) is 57.7. The number of nitriles is 4. The first kappa shape index (κ1) is 90.0. The van der Waals surface area contributed by atoms with Crippen molar-refractivity contribution in [3.63, 3.8) is 0 Å². The van der Waals surface area contributed by atoms with Crippen LogP contribution in [0.25, 0.3) is 0 Å². The summed E-state index contributed by atoms with van der Waals surface area (Å²) in [6, 6.07) is 0. The van der Waals surface area contributed by atoms with Crippen molar-refractivity contribution in [3.05, 3.63) is 150 Å². The molecule has 0 aliphatic rings. The molecule has 8 aromatic rings. The summed E-state index contributed by atoms with van der Waals surface area (Å²) in [6.45, 7) is 51.2. The van der Waals surface area contributed by atoms with Gasteiger partial charge in [-0.15, -0.1) is 0 Å². The Labute approximate surface area is 549 Å². The van der Waals surface area contributed by atoms with Crippen LogP contribution >= 0.6 is 0 Å². The monoisotopic (exact) mass is 1280 g/mol. The highest BCUT2D eigenvalue weighted by Gasteiger charge is 2.01. The highest BCUT2D eigenvalue weighted by Crippen LogP contribution is 1.87. The van der Waals surface area contributed by atoms with Crippen molar-refractivity contribution in [2.75, 3.05) is 0 Å². The predicted octanol–water partition coefficient (Wildman–Crippen LogP) is -4.44. The Kier molecular flexibility index (Phi) is 58.9. The van der Waals surface area contributed by atoms with Crippen molar-refractivity contribution in [1.82, 2.24) is 36.5 Å². The Balaban J connectivity index is -0.000000463. The second kappa shape index (κ2) is 60.2. The molecule has 0 aliphatic carbocycles. The Morgan fingerprint density at radius 2 is 0.315 bits per heavy atom. The third kappa shape index (κ3) is 49.4. The first-order chi connectivity index (χ1) is 44.0. The van der Waals surface area contributed by atoms with Gasteiger partial charge in [0.05, 0.1) is 105 Å². The molecule has 0 aromatic carbocycles. The average Bonchev–Trinajstić information content (AvgIpc) is 4.68. The third-order valence-corrected chi connectivity index (χ3v) is 12.2. The van der Waals surface area contributed by atoms with Crippen molar-refractivity contribution >= 4 is 28.5 Å². The van der Waals surface area contributed by atoms with Gasteiger partial charge in [-0.3, -0.25) is 0 Å². The lowest BCUT2D eigenvalue weighted by Crippen LogP contribution is -2.43. The quantitative estimate of drug-likeness (QED) is 0.0654. The van der Waals surface area contributed by atoms with Crippen LogP contribution in [-0.4, -0.2) is 65.0 Å². The van der Waals surface area contributed by atoms with Gasteiger partial charge in [-0.25, -0.2) is 94.1 Å². The third-order valence-electron chi connectivity index (χ3n) is 12.2. The van der Waals surface area contributed by atoms with E-state index in [2.05, 4.69) is 334 Å². The SMILES string of the molecule is CCn1cc[n+](CC)c1.CCn1cc[n+](CC)c1.CCn1cc[n+](CC)c1.CCn1cc[n+](CC)c1.CCn1cc[n+](CC)c1.CCn1cc[n+](CC)c1.CCn1cc[n+](CC)c1.CCn1cc[n+](CC)c1.N#CB([O-])[O-].N#CB([O-])[O-].N#CB([O-])[O-].N#CB([O-])[O-]. The first-order valence-corrected chi connectivity index (χ1v) is 31.2. The molecule has 0 saturated carbocycles. The molecule has 504 valence electrons. The molecule has 8 heterocycles. The van der Waals surface area contributed by atoms with Crippen molar-refractivity contribution < 1.29 is 76.7 Å². The summed E-state index contributed by atoms with van der Waals surface area (Å²) in [5.74, 6) is 3.67. The van der Waals surface area contributed by atoms with Crippen LogP contribution in [0.3, 0.4) is 0 Å². The van der Waals surface area contributed by atoms with Gasteiger partial charge in [-0.05, 0) is 135 Å². The number of aromatic nitrogens is 16. The van der Waals surface area contributed by atoms with Crippen LogP contribution in [0.1, 0.15) is 111 Å². The number of imidazole rings is 8. The topological polar surface area (TPSA) is 350 Å². The lowest BCUT2D eigenvalue weighted by atomic mass is 9.97. The van der Waals surface area contributed by atoms with Crippen LogP contribution in [0.15, 0.2) is 150 Å². The van der Waals surface area contributed by atoms with Crippen molar-refractivity contribution in [2.45, 2.75) is 215 Å². The van der Waals surface area contributed by atoms with Crippen LogP contribution in [0, 0.1) is 44.9 Å². The molecule has 0 atom stereocenters. The summed E-state index contributed by atoms with van der Waals surface area (Å²) in [6.07, 6.45) is 50.3. The normalized spacial score (nSPS) is 9.09. The summed E-state index contributed by atoms with van der Waals surface area (Å²) in [5.41, 5.74) is 0. The molecule has 8 rings (SSSR count). The molecular weight excluding hydrogens is 1170 g/mol. The summed E-state index contributed by atoms with van der Waals surface area (Å²) >= 11 is 0. The van der Waals surface area contributed by atoms with Gasteiger partial charge in [0.1, 0.15) is 99.1 Å². The summed E-state index contributed by atoms with van der Waals surface area (Å²) in [7, 11) is -9.24. The molecular formula is C60H104B4N20O8. The van der Waals surface area contributed by atoms with Gasteiger partial charge < -0.3 is 40.2 Å². The van der Waals surface area contributed by atoms with E-state index in [-0.39, 0.29) is 0 Å². The minimum atomic E-state index is -2.31. The largest absolute Gasteiger partial charge is 0.881 e. The van der Waals surface area contributed by atoms with Crippen LogP contribution in [-0.2, 0) is 105 Å². The second-order valence-electron chi connectivity index (χ2n) is 18.4. The molecule has 0 spiro atoms. The Hall–Kier alpha value is -8.42. The van der Waals surface area contributed by atoms with Crippen molar-refractivity contribution in [2.24, 2.45) is 0 Å². The van der Waals surface area contributed by atoms with Gasteiger partial charge in [0, 0.05) is 28.5 Å². The van der Waals surface area contributed by atoms with Gasteiger partial charge in [-0.1, -0.05) is 0 Å². The first-order valence-electron chi connectivity index (χ1n) is 31.2. The summed E-state index contributed by atoms with van der Waals surface area (Å²) in [4.78, 5) is 0. The van der Waals surface area contributed by atoms with E-state index in [0.29, 0.717) is 0 Å². The zero-order valence-corrected chi connectivity index (χ0v) is 57.7. The smallest absolute Gasteiger partial charge is 0.243 e. The van der Waals surface area contributed by atoms with E-state index in [1.165, 1.54) is 0 Å². The Morgan fingerprint density at radius 3 is 0.348 bits per heavy atom. The van der Waals surface area contributed by atoms with Crippen LogP contribution in [0.2, 0.25) is 0 Å². The molecule has 0 fully saturated rings. The molecule has 8 aromatic heterocycles. The van der Waals surface area contributed by atoms with E-state index >= 15 is 0 Å². The highest BCUT2D eigenvalue weighted by molar-refractivity contribution is 6.47. The van der Waals surface area contributed by atoms with E-state index in [4.69, 9.17) is 61.2 Å². The standard InChI is InChI=1S/8C7H13N2.4CBNO2/c8*1-3-8-5-6-9(4-2)7-8;4*3-1-2(4)5/h8*5-7H,3-4H2,1-2H3;;;;/q8*+1;4*-2. The van der Waals surface area contributed by atoms with E-state index in [9.17, 15) is 0 Å². The number of hydrogen-bond donors (Lipinski definition) is 0. The van der Waals surface area contributed by atoms with Gasteiger partial charge in [0.25, 0.3) is 0 Å². The van der Waals surface area contributed by atoms with Crippen LogP contribution in [0.4, 0.5) is 0 Å². The fourth-order valence-corrected chi connectivity index (χ4v) is 6.50. The molecule has 0 amide bonds.